The number of rotatable bonds is 23. The summed E-state index contributed by atoms with van der Waals surface area (Å²) in [5.74, 6) is 0.342. The molecule has 6 N–H and O–H groups in total. The van der Waals surface area contributed by atoms with Crippen LogP contribution in [0.5, 0.6) is 0 Å². The molecule has 2 fully saturated rings. The summed E-state index contributed by atoms with van der Waals surface area (Å²) in [5.41, 5.74) is -4.15. The van der Waals surface area contributed by atoms with Crippen LogP contribution in [0, 0.1) is 6.92 Å². The minimum Gasteiger partial charge on any atom is -0.756 e. The average Bonchev–Trinajstić information content (AvgIpc) is 3.59. The Bertz CT molecular complexity index is 1660. The molecule has 0 bridgehead atoms. The van der Waals surface area contributed by atoms with Gasteiger partial charge in [-0.1, -0.05) is 90.4 Å². The van der Waals surface area contributed by atoms with Gasteiger partial charge in [-0.05, 0) is 19.4 Å². The summed E-state index contributed by atoms with van der Waals surface area (Å²) >= 11 is 0. The van der Waals surface area contributed by atoms with E-state index in [1.165, 1.54) is 89.9 Å². The normalized spacial score (nSPS) is 26.9. The van der Waals surface area contributed by atoms with E-state index < -0.39 is 80.3 Å². The van der Waals surface area contributed by atoms with Crippen molar-refractivity contribution in [1.82, 2.24) is 19.1 Å². The number of aliphatic hydroxyl groups is 3. The van der Waals surface area contributed by atoms with Gasteiger partial charge in [0.1, 0.15) is 36.0 Å². The summed E-state index contributed by atoms with van der Waals surface area (Å²) in [6, 6.07) is 1.54. The van der Waals surface area contributed by atoms with Gasteiger partial charge < -0.3 is 44.4 Å². The lowest BCUT2D eigenvalue weighted by molar-refractivity contribution is -0.232. The van der Waals surface area contributed by atoms with Crippen LogP contribution in [-0.4, -0.2) is 82.5 Å². The SMILES string of the molecule is CCCCCCCCCCCCCCCCNc1ccn(C2OC(CC3(CO)OC(n4cc(C)c(=O)[nH]c4=O)CC3OP(=O)([O-])O)C(O)C2O)c(=O)n1. The summed E-state index contributed by atoms with van der Waals surface area (Å²) in [6.45, 7) is 3.37. The van der Waals surface area contributed by atoms with Crippen molar-refractivity contribution in [2.45, 2.75) is 159 Å². The van der Waals surface area contributed by atoms with Gasteiger partial charge in [0, 0.05) is 37.3 Å². The van der Waals surface area contributed by atoms with Gasteiger partial charge in [0.25, 0.3) is 13.4 Å². The van der Waals surface area contributed by atoms with Crippen LogP contribution in [0.2, 0.25) is 0 Å². The lowest BCUT2D eigenvalue weighted by Crippen LogP contribution is -2.49. The van der Waals surface area contributed by atoms with E-state index in [1.807, 2.05) is 0 Å². The van der Waals surface area contributed by atoms with Crippen LogP contribution >= 0.6 is 7.82 Å². The van der Waals surface area contributed by atoms with Crippen molar-refractivity contribution in [3.05, 3.63) is 55.3 Å². The van der Waals surface area contributed by atoms with Crippen molar-refractivity contribution >= 4 is 13.6 Å². The van der Waals surface area contributed by atoms with E-state index in [-0.39, 0.29) is 12.0 Å². The molecule has 18 heteroatoms. The molecule has 0 radical (unpaired) electrons. The maximum Gasteiger partial charge on any atom is 0.351 e. The van der Waals surface area contributed by atoms with E-state index in [9.17, 15) is 44.1 Å². The smallest absolute Gasteiger partial charge is 0.351 e. The Hall–Kier alpha value is -2.73. The van der Waals surface area contributed by atoms with E-state index in [4.69, 9.17) is 14.0 Å². The highest BCUT2D eigenvalue weighted by molar-refractivity contribution is 7.44. The Labute approximate surface area is 309 Å². The Balaban J connectivity index is 1.28. The number of H-pyrrole nitrogens is 1. The zero-order chi connectivity index (χ0) is 38.6. The molecule has 0 amide bonds. The fraction of sp³-hybridized carbons (Fsp3) is 0.771. The van der Waals surface area contributed by atoms with Crippen LogP contribution in [0.1, 0.15) is 128 Å². The molecule has 17 nitrogen and oxygen atoms in total. The van der Waals surface area contributed by atoms with Crippen molar-refractivity contribution in [2.75, 3.05) is 18.5 Å². The number of aryl methyl sites for hydroxylation is 1. The zero-order valence-electron chi connectivity index (χ0n) is 30.8. The molecule has 2 aliphatic rings. The second-order valence-electron chi connectivity index (χ2n) is 14.3. The van der Waals surface area contributed by atoms with Crippen molar-refractivity contribution in [2.24, 2.45) is 0 Å². The minimum atomic E-state index is -5.42. The van der Waals surface area contributed by atoms with Crippen LogP contribution < -0.4 is 27.1 Å². The first kappa shape index (κ1) is 43.0. The molecule has 2 saturated heterocycles. The average molecular weight is 771 g/mol. The second kappa shape index (κ2) is 20.3. The molecule has 2 aromatic heterocycles. The number of anilines is 1. The Morgan fingerprint density at radius 1 is 1.00 bits per heavy atom. The number of phosphoric ester groups is 1. The molecule has 4 rings (SSSR count). The number of nitrogens with one attached hydrogen (secondary N) is 2. The number of ether oxygens (including phenoxy) is 2. The Morgan fingerprint density at radius 2 is 1.60 bits per heavy atom. The topological polar surface area (TPSA) is 251 Å². The molecular formula is C35H57N5O12P-. The van der Waals surface area contributed by atoms with E-state index >= 15 is 0 Å². The van der Waals surface area contributed by atoms with Crippen molar-refractivity contribution in [3.63, 3.8) is 0 Å². The van der Waals surface area contributed by atoms with E-state index in [0.29, 0.717) is 12.4 Å². The number of hydrogen-bond acceptors (Lipinski definition) is 13. The van der Waals surface area contributed by atoms with E-state index in [2.05, 4.69) is 22.2 Å². The molecule has 2 aromatic rings. The molecule has 0 saturated carbocycles. The summed E-state index contributed by atoms with van der Waals surface area (Å²) in [6.07, 6.45) is 10.3. The summed E-state index contributed by atoms with van der Waals surface area (Å²) in [5, 5.41) is 35.5. The fourth-order valence-corrected chi connectivity index (χ4v) is 7.76. The second-order valence-corrected chi connectivity index (χ2v) is 15.5. The van der Waals surface area contributed by atoms with Gasteiger partial charge >= 0.3 is 11.4 Å². The number of aromatic nitrogens is 4. The standard InChI is InChI=1S/C35H58N5O12P/c1-3-4-5-6-7-8-9-10-11-12-13-14-15-16-18-36-27-17-19-39(33(45)37-27)32-30(43)29(42)25(50-32)21-35(23-41)26(52-53(47,48)49)20-28(51-35)40-22-24(2)31(44)38-34(40)46/h17,19,22,25-26,28-30,32,41-43H,3-16,18,20-21,23H2,1-2H3,(H,36,37,45)(H,38,44,46)(H2,47,48,49)/p-1. The Morgan fingerprint density at radius 3 is 2.17 bits per heavy atom. The molecule has 4 heterocycles. The fourth-order valence-electron chi connectivity index (χ4n) is 7.16. The van der Waals surface area contributed by atoms with Gasteiger partial charge in [-0.15, -0.1) is 0 Å². The van der Waals surface area contributed by atoms with Gasteiger partial charge in [0.15, 0.2) is 6.23 Å². The number of nitrogens with zero attached hydrogens (tertiary/aromatic N) is 3. The first-order valence-electron chi connectivity index (χ1n) is 19.0. The van der Waals surface area contributed by atoms with Crippen LogP contribution in [-0.2, 0) is 18.6 Å². The highest BCUT2D eigenvalue weighted by atomic mass is 31.2. The Kier molecular flexibility index (Phi) is 16.4. The number of aromatic amines is 1. The summed E-state index contributed by atoms with van der Waals surface area (Å²) in [7, 11) is -5.42. The highest BCUT2D eigenvalue weighted by Gasteiger charge is 2.56. The first-order valence-corrected chi connectivity index (χ1v) is 20.5. The molecule has 300 valence electrons. The number of aliphatic hydroxyl groups excluding tert-OH is 3. The number of hydrogen-bond donors (Lipinski definition) is 6. The van der Waals surface area contributed by atoms with Gasteiger partial charge in [-0.25, -0.2) is 9.59 Å². The highest BCUT2D eigenvalue weighted by Crippen LogP contribution is 2.48. The molecule has 0 aliphatic carbocycles. The number of phosphoric acid groups is 1. The molecule has 8 atom stereocenters. The quantitative estimate of drug-likeness (QED) is 0.0702. The molecular weight excluding hydrogens is 713 g/mol. The van der Waals surface area contributed by atoms with E-state index in [0.717, 1.165) is 28.4 Å². The van der Waals surface area contributed by atoms with Crippen molar-refractivity contribution in [3.8, 4) is 0 Å². The largest absolute Gasteiger partial charge is 0.756 e. The third-order valence-corrected chi connectivity index (χ3v) is 10.7. The van der Waals surface area contributed by atoms with Gasteiger partial charge in [-0.3, -0.25) is 23.5 Å². The molecule has 0 aromatic carbocycles. The van der Waals surface area contributed by atoms with Crippen molar-refractivity contribution < 1.29 is 43.7 Å². The van der Waals surface area contributed by atoms with Gasteiger partial charge in [0.2, 0.25) is 0 Å². The van der Waals surface area contributed by atoms with Crippen LogP contribution in [0.4, 0.5) is 5.82 Å². The van der Waals surface area contributed by atoms with Crippen LogP contribution in [0.25, 0.3) is 0 Å². The van der Waals surface area contributed by atoms with Crippen LogP contribution in [0.3, 0.4) is 0 Å². The predicted molar refractivity (Wildman–Crippen MR) is 193 cm³/mol. The zero-order valence-corrected chi connectivity index (χ0v) is 31.7. The van der Waals surface area contributed by atoms with E-state index in [1.54, 1.807) is 6.07 Å². The first-order chi connectivity index (χ1) is 25.3. The van der Waals surface area contributed by atoms with Crippen molar-refractivity contribution in [1.29, 1.82) is 0 Å². The maximum atomic E-state index is 13.0. The van der Waals surface area contributed by atoms with Gasteiger partial charge in [0.05, 0.1) is 12.7 Å². The summed E-state index contributed by atoms with van der Waals surface area (Å²) < 4.78 is 30.5. The minimum absolute atomic E-state index is 0.138. The third-order valence-electron chi connectivity index (χ3n) is 10.2. The lowest BCUT2D eigenvalue weighted by Gasteiger charge is -2.36. The monoisotopic (exact) mass is 770 g/mol. The predicted octanol–water partition coefficient (Wildman–Crippen LogP) is 2.50. The molecule has 0 spiro atoms. The maximum absolute atomic E-state index is 13.0. The molecule has 8 unspecified atom stereocenters. The van der Waals surface area contributed by atoms with Crippen LogP contribution in [0.15, 0.2) is 32.8 Å². The lowest BCUT2D eigenvalue weighted by atomic mass is 9.89. The summed E-state index contributed by atoms with van der Waals surface area (Å²) in [4.78, 5) is 64.9. The molecule has 2 aliphatic heterocycles. The number of unbranched alkanes of at least 4 members (excludes halogenated alkanes) is 13. The third kappa shape index (κ3) is 12.1. The van der Waals surface area contributed by atoms with Gasteiger partial charge in [-0.2, -0.15) is 4.98 Å². The molecule has 53 heavy (non-hydrogen) atoms.